The Hall–Kier alpha value is -2.02. The second-order valence-electron chi connectivity index (χ2n) is 5.50. The molecule has 3 rings (SSSR count). The largest absolute Gasteiger partial charge is 0.424 e. The van der Waals surface area contributed by atoms with Crippen LogP contribution >= 0.6 is 23.2 Å². The highest BCUT2D eigenvalue weighted by atomic mass is 35.5. The number of aromatic nitrogens is 1. The van der Waals surface area contributed by atoms with Gasteiger partial charge in [0.05, 0.1) is 26.3 Å². The van der Waals surface area contributed by atoms with Crippen LogP contribution in [0.2, 0.25) is 10.0 Å². The Bertz CT molecular complexity index is 1110. The van der Waals surface area contributed by atoms with Gasteiger partial charge in [-0.3, -0.25) is 0 Å². The summed E-state index contributed by atoms with van der Waals surface area (Å²) in [5, 5.41) is 0.682. The molecular weight excluding hydrogens is 385 g/mol. The SMILES string of the molecule is Cc1oc(=O)n(-c2ccc(Cl)c(Cl)c2)c1-c1ccc(S(C)(=O)=O)cc1. The molecule has 2 aromatic carbocycles. The molecule has 1 heterocycles. The van der Waals surface area contributed by atoms with Crippen molar-refractivity contribution in [3.05, 3.63) is 68.8 Å². The van der Waals surface area contributed by atoms with Crippen molar-refractivity contribution >= 4 is 33.0 Å². The van der Waals surface area contributed by atoms with Crippen LogP contribution < -0.4 is 5.76 Å². The van der Waals surface area contributed by atoms with Gasteiger partial charge in [-0.05, 0) is 37.3 Å². The second kappa shape index (κ2) is 6.37. The third kappa shape index (κ3) is 3.38. The minimum absolute atomic E-state index is 0.195. The van der Waals surface area contributed by atoms with Crippen LogP contribution in [-0.2, 0) is 9.84 Å². The summed E-state index contributed by atoms with van der Waals surface area (Å²) in [5.74, 6) is -0.166. The average molecular weight is 398 g/mol. The highest BCUT2D eigenvalue weighted by Crippen LogP contribution is 2.29. The molecule has 130 valence electrons. The third-order valence-electron chi connectivity index (χ3n) is 3.70. The Morgan fingerprint density at radius 3 is 2.20 bits per heavy atom. The van der Waals surface area contributed by atoms with Crippen LogP contribution in [0.25, 0.3) is 16.9 Å². The number of aryl methyl sites for hydroxylation is 1. The number of nitrogens with zero attached hydrogens (tertiary/aromatic N) is 1. The molecule has 0 aliphatic carbocycles. The first-order chi connectivity index (χ1) is 11.7. The van der Waals surface area contributed by atoms with E-state index in [2.05, 4.69) is 0 Å². The summed E-state index contributed by atoms with van der Waals surface area (Å²) in [6.45, 7) is 1.66. The summed E-state index contributed by atoms with van der Waals surface area (Å²) in [6, 6.07) is 11.0. The fraction of sp³-hybridized carbons (Fsp3) is 0.118. The summed E-state index contributed by atoms with van der Waals surface area (Å²) in [4.78, 5) is 12.5. The van der Waals surface area contributed by atoms with Crippen molar-refractivity contribution in [1.29, 1.82) is 0 Å². The first-order valence-corrected chi connectivity index (χ1v) is 9.81. The first-order valence-electron chi connectivity index (χ1n) is 7.17. The van der Waals surface area contributed by atoms with E-state index in [9.17, 15) is 13.2 Å². The van der Waals surface area contributed by atoms with Gasteiger partial charge >= 0.3 is 5.76 Å². The van der Waals surface area contributed by atoms with E-state index < -0.39 is 15.6 Å². The van der Waals surface area contributed by atoms with Crippen LogP contribution in [0.15, 0.2) is 56.6 Å². The third-order valence-corrected chi connectivity index (χ3v) is 5.56. The summed E-state index contributed by atoms with van der Waals surface area (Å²) < 4.78 is 29.8. The Morgan fingerprint density at radius 1 is 1.00 bits per heavy atom. The van der Waals surface area contributed by atoms with Gasteiger partial charge < -0.3 is 4.42 Å². The van der Waals surface area contributed by atoms with Gasteiger partial charge in [0.1, 0.15) is 5.76 Å². The molecule has 0 saturated heterocycles. The monoisotopic (exact) mass is 397 g/mol. The number of halogens is 2. The molecule has 8 heteroatoms. The molecule has 5 nitrogen and oxygen atoms in total. The Morgan fingerprint density at radius 2 is 1.64 bits per heavy atom. The van der Waals surface area contributed by atoms with Crippen LogP contribution in [0.5, 0.6) is 0 Å². The number of hydrogen-bond acceptors (Lipinski definition) is 4. The van der Waals surface area contributed by atoms with E-state index in [0.717, 1.165) is 6.26 Å². The molecule has 0 aliphatic heterocycles. The summed E-state index contributed by atoms with van der Waals surface area (Å²) >= 11 is 12.0. The number of rotatable bonds is 3. The molecule has 0 bridgehead atoms. The van der Waals surface area contributed by atoms with E-state index in [0.29, 0.717) is 32.8 Å². The molecule has 1 aromatic heterocycles. The molecule has 0 fully saturated rings. The summed E-state index contributed by atoms with van der Waals surface area (Å²) in [6.07, 6.45) is 1.14. The van der Waals surface area contributed by atoms with Gasteiger partial charge in [-0.2, -0.15) is 0 Å². The van der Waals surface area contributed by atoms with Crippen LogP contribution in [0, 0.1) is 6.92 Å². The average Bonchev–Trinajstić information content (AvgIpc) is 2.83. The standard InChI is InChI=1S/C17H13Cl2NO4S/c1-10-16(11-3-6-13(7-4-11)25(2,22)23)20(17(21)24-10)12-5-8-14(18)15(19)9-12/h3-9H,1-2H3. The van der Waals surface area contributed by atoms with E-state index >= 15 is 0 Å². The van der Waals surface area contributed by atoms with Gasteiger partial charge in [0, 0.05) is 11.8 Å². The lowest BCUT2D eigenvalue weighted by atomic mass is 10.1. The van der Waals surface area contributed by atoms with Gasteiger partial charge in [-0.25, -0.2) is 17.8 Å². The Kier molecular flexibility index (Phi) is 4.53. The lowest BCUT2D eigenvalue weighted by Crippen LogP contribution is -2.13. The van der Waals surface area contributed by atoms with Crippen LogP contribution in [-0.4, -0.2) is 19.2 Å². The first kappa shape index (κ1) is 17.8. The van der Waals surface area contributed by atoms with Crippen molar-refractivity contribution in [2.75, 3.05) is 6.26 Å². The Labute approximate surface area is 154 Å². The zero-order valence-electron chi connectivity index (χ0n) is 13.3. The molecule has 3 aromatic rings. The fourth-order valence-corrected chi connectivity index (χ4v) is 3.45. The minimum Gasteiger partial charge on any atom is -0.412 e. The van der Waals surface area contributed by atoms with Crippen LogP contribution in [0.3, 0.4) is 0 Å². The molecule has 0 N–H and O–H groups in total. The maximum Gasteiger partial charge on any atom is 0.424 e. The maximum absolute atomic E-state index is 12.3. The van der Waals surface area contributed by atoms with Crippen LogP contribution in [0.4, 0.5) is 0 Å². The lowest BCUT2D eigenvalue weighted by molar-refractivity contribution is 0.479. The smallest absolute Gasteiger partial charge is 0.412 e. The fourth-order valence-electron chi connectivity index (χ4n) is 2.52. The van der Waals surface area contributed by atoms with E-state index in [-0.39, 0.29) is 4.90 Å². The van der Waals surface area contributed by atoms with E-state index in [1.807, 2.05) is 0 Å². The Balaban J connectivity index is 2.21. The van der Waals surface area contributed by atoms with Gasteiger partial charge in [-0.1, -0.05) is 35.3 Å². The number of oxazole rings is 1. The molecule has 0 amide bonds. The zero-order valence-corrected chi connectivity index (χ0v) is 15.6. The summed E-state index contributed by atoms with van der Waals surface area (Å²) in [7, 11) is -3.30. The van der Waals surface area contributed by atoms with Crippen molar-refractivity contribution in [3.63, 3.8) is 0 Å². The number of benzene rings is 2. The van der Waals surface area contributed by atoms with Crippen molar-refractivity contribution < 1.29 is 12.8 Å². The van der Waals surface area contributed by atoms with Gasteiger partial charge in [0.15, 0.2) is 9.84 Å². The van der Waals surface area contributed by atoms with E-state index in [1.54, 1.807) is 37.3 Å². The molecule has 0 aliphatic rings. The quantitative estimate of drug-likeness (QED) is 0.666. The van der Waals surface area contributed by atoms with E-state index in [4.69, 9.17) is 27.6 Å². The molecule has 0 radical (unpaired) electrons. The maximum atomic E-state index is 12.3. The van der Waals surface area contributed by atoms with Crippen LogP contribution in [0.1, 0.15) is 5.76 Å². The van der Waals surface area contributed by atoms with Crippen molar-refractivity contribution in [3.8, 4) is 16.9 Å². The number of hydrogen-bond donors (Lipinski definition) is 0. The minimum atomic E-state index is -3.30. The second-order valence-corrected chi connectivity index (χ2v) is 8.33. The van der Waals surface area contributed by atoms with Crippen molar-refractivity contribution in [2.24, 2.45) is 0 Å². The predicted octanol–water partition coefficient (Wildman–Crippen LogP) is 4.12. The molecule has 0 saturated carbocycles. The summed E-state index contributed by atoms with van der Waals surface area (Å²) in [5.41, 5.74) is 1.66. The molecule has 0 atom stereocenters. The lowest BCUT2D eigenvalue weighted by Gasteiger charge is -2.09. The predicted molar refractivity (Wildman–Crippen MR) is 97.6 cm³/mol. The van der Waals surface area contributed by atoms with E-state index in [1.165, 1.54) is 16.7 Å². The number of sulfone groups is 1. The molecule has 25 heavy (non-hydrogen) atoms. The van der Waals surface area contributed by atoms with Gasteiger partial charge in [0.25, 0.3) is 0 Å². The molecule has 0 spiro atoms. The topological polar surface area (TPSA) is 69.3 Å². The molecule has 0 unspecified atom stereocenters. The van der Waals surface area contributed by atoms with Crippen molar-refractivity contribution in [2.45, 2.75) is 11.8 Å². The molecular formula is C17H13Cl2NO4S. The van der Waals surface area contributed by atoms with Gasteiger partial charge in [0.2, 0.25) is 0 Å². The normalized spacial score (nSPS) is 11.7. The van der Waals surface area contributed by atoms with Crippen molar-refractivity contribution in [1.82, 2.24) is 4.57 Å². The zero-order chi connectivity index (χ0) is 18.4. The highest BCUT2D eigenvalue weighted by molar-refractivity contribution is 7.90. The van der Waals surface area contributed by atoms with Gasteiger partial charge in [-0.15, -0.1) is 0 Å². The highest BCUT2D eigenvalue weighted by Gasteiger charge is 2.18.